The van der Waals surface area contributed by atoms with Crippen LogP contribution in [0.4, 0.5) is 5.69 Å². The summed E-state index contributed by atoms with van der Waals surface area (Å²) in [6.45, 7) is 0. The summed E-state index contributed by atoms with van der Waals surface area (Å²) in [5, 5.41) is 0.255. The molecule has 3 rings (SSSR count). The van der Waals surface area contributed by atoms with Crippen molar-refractivity contribution in [2.24, 2.45) is 0 Å². The Bertz CT molecular complexity index is 657. The summed E-state index contributed by atoms with van der Waals surface area (Å²) in [6, 6.07) is 7.08. The maximum Gasteiger partial charge on any atom is 0.232 e. The van der Waals surface area contributed by atoms with Crippen LogP contribution in [0.1, 0.15) is 0 Å². The zero-order valence-corrected chi connectivity index (χ0v) is 8.86. The van der Waals surface area contributed by atoms with Gasteiger partial charge in [-0.2, -0.15) is 0 Å². The molecule has 0 aliphatic rings. The number of para-hydroxylation sites is 1. The second-order valence-electron chi connectivity index (χ2n) is 3.32. The summed E-state index contributed by atoms with van der Waals surface area (Å²) in [5.74, 6) is 0.409. The fraction of sp³-hybridized carbons (Fsp3) is 0. The molecule has 0 saturated carbocycles. The van der Waals surface area contributed by atoms with Crippen LogP contribution < -0.4 is 5.73 Å². The van der Waals surface area contributed by atoms with E-state index in [0.29, 0.717) is 28.2 Å². The molecule has 2 aromatic heterocycles. The topological polar surface area (TPSA) is 65.2 Å². The van der Waals surface area contributed by atoms with Gasteiger partial charge in [-0.05, 0) is 29.8 Å². The summed E-state index contributed by atoms with van der Waals surface area (Å²) in [6.07, 6.45) is 1.48. The third-order valence-corrected chi connectivity index (χ3v) is 2.59. The lowest BCUT2D eigenvalue weighted by Crippen LogP contribution is -1.84. The molecule has 80 valence electrons. The van der Waals surface area contributed by atoms with E-state index in [1.165, 1.54) is 6.26 Å². The molecule has 0 aliphatic heterocycles. The molecule has 2 heterocycles. The van der Waals surface area contributed by atoms with Crippen molar-refractivity contribution >= 4 is 28.4 Å². The van der Waals surface area contributed by atoms with Gasteiger partial charge in [0.05, 0.1) is 17.5 Å². The monoisotopic (exact) mass is 234 g/mol. The molecule has 3 aromatic rings. The van der Waals surface area contributed by atoms with Crippen molar-refractivity contribution in [3.63, 3.8) is 0 Å². The molecule has 1 aromatic carbocycles. The number of nitrogen functional groups attached to an aromatic ring is 1. The smallest absolute Gasteiger partial charge is 0.232 e. The second kappa shape index (κ2) is 3.28. The van der Waals surface area contributed by atoms with Gasteiger partial charge in [-0.1, -0.05) is 6.07 Å². The number of nitrogens with zero attached hydrogens (tertiary/aromatic N) is 1. The van der Waals surface area contributed by atoms with Crippen molar-refractivity contribution in [3.8, 4) is 11.5 Å². The van der Waals surface area contributed by atoms with Gasteiger partial charge in [-0.3, -0.25) is 0 Å². The number of halogens is 1. The highest BCUT2D eigenvalue weighted by molar-refractivity contribution is 6.31. The van der Waals surface area contributed by atoms with E-state index in [-0.39, 0.29) is 5.22 Å². The molecule has 0 amide bonds. The van der Waals surface area contributed by atoms with E-state index < -0.39 is 0 Å². The SMILES string of the molecule is Nc1cccc2oc(-c3ccoc3Cl)nc12. The van der Waals surface area contributed by atoms with Gasteiger partial charge in [-0.15, -0.1) is 0 Å². The molecule has 0 aliphatic carbocycles. The number of hydrogen-bond donors (Lipinski definition) is 1. The number of anilines is 1. The first kappa shape index (κ1) is 9.30. The van der Waals surface area contributed by atoms with E-state index in [2.05, 4.69) is 4.98 Å². The van der Waals surface area contributed by atoms with E-state index in [1.54, 1.807) is 18.2 Å². The van der Waals surface area contributed by atoms with Crippen molar-refractivity contribution in [3.05, 3.63) is 35.7 Å². The number of rotatable bonds is 1. The molecule has 2 N–H and O–H groups in total. The minimum absolute atomic E-state index is 0.255. The number of benzene rings is 1. The maximum absolute atomic E-state index is 5.84. The van der Waals surface area contributed by atoms with Crippen molar-refractivity contribution in [2.45, 2.75) is 0 Å². The van der Waals surface area contributed by atoms with Crippen LogP contribution in [0.3, 0.4) is 0 Å². The highest BCUT2D eigenvalue weighted by atomic mass is 35.5. The number of furan rings is 1. The van der Waals surface area contributed by atoms with E-state index >= 15 is 0 Å². The van der Waals surface area contributed by atoms with E-state index in [1.807, 2.05) is 6.07 Å². The average molecular weight is 235 g/mol. The summed E-state index contributed by atoms with van der Waals surface area (Å²) < 4.78 is 10.5. The predicted molar refractivity (Wildman–Crippen MR) is 61.1 cm³/mol. The molecular weight excluding hydrogens is 228 g/mol. The number of nitrogens with two attached hydrogens (primary N) is 1. The Balaban J connectivity index is 2.27. The lowest BCUT2D eigenvalue weighted by atomic mass is 10.3. The molecule has 0 fully saturated rings. The Labute approximate surface area is 95.6 Å². The number of oxazole rings is 1. The Morgan fingerprint density at radius 1 is 1.25 bits per heavy atom. The maximum atomic E-state index is 5.84. The van der Waals surface area contributed by atoms with Crippen LogP contribution in [0.2, 0.25) is 5.22 Å². The molecule has 0 bridgehead atoms. The first-order valence-corrected chi connectivity index (χ1v) is 5.02. The fourth-order valence-corrected chi connectivity index (χ4v) is 1.73. The van der Waals surface area contributed by atoms with Crippen LogP contribution in [0, 0.1) is 0 Å². The van der Waals surface area contributed by atoms with Gasteiger partial charge < -0.3 is 14.6 Å². The van der Waals surface area contributed by atoms with Gasteiger partial charge in [0.25, 0.3) is 0 Å². The van der Waals surface area contributed by atoms with Crippen LogP contribution in [-0.4, -0.2) is 4.98 Å². The quantitative estimate of drug-likeness (QED) is 0.656. The number of fused-ring (bicyclic) bond motifs is 1. The average Bonchev–Trinajstić information content (AvgIpc) is 2.84. The molecule has 0 atom stereocenters. The van der Waals surface area contributed by atoms with Crippen LogP contribution >= 0.6 is 11.6 Å². The van der Waals surface area contributed by atoms with Gasteiger partial charge >= 0.3 is 0 Å². The predicted octanol–water partition coefficient (Wildman–Crippen LogP) is 3.32. The third-order valence-electron chi connectivity index (χ3n) is 2.30. The minimum atomic E-state index is 0.255. The normalized spacial score (nSPS) is 11.1. The third kappa shape index (κ3) is 1.27. The number of hydrogen-bond acceptors (Lipinski definition) is 4. The van der Waals surface area contributed by atoms with E-state index in [0.717, 1.165) is 0 Å². The summed E-state index contributed by atoms with van der Waals surface area (Å²) in [7, 11) is 0. The van der Waals surface area contributed by atoms with E-state index in [4.69, 9.17) is 26.2 Å². The highest BCUT2D eigenvalue weighted by Crippen LogP contribution is 2.32. The Morgan fingerprint density at radius 2 is 2.12 bits per heavy atom. The van der Waals surface area contributed by atoms with Crippen molar-refractivity contribution in [2.75, 3.05) is 5.73 Å². The minimum Gasteiger partial charge on any atom is -0.452 e. The van der Waals surface area contributed by atoms with E-state index in [9.17, 15) is 0 Å². The summed E-state index contributed by atoms with van der Waals surface area (Å²) in [4.78, 5) is 4.28. The molecule has 0 spiro atoms. The number of aromatic nitrogens is 1. The van der Waals surface area contributed by atoms with Crippen LogP contribution in [0.5, 0.6) is 0 Å². The van der Waals surface area contributed by atoms with Crippen molar-refractivity contribution < 1.29 is 8.83 Å². The molecule has 5 heteroatoms. The standard InChI is InChI=1S/C11H7ClN2O2/c12-10-6(4-5-15-10)11-14-9-7(13)2-1-3-8(9)16-11/h1-5H,13H2. The Kier molecular flexibility index (Phi) is 1.91. The summed E-state index contributed by atoms with van der Waals surface area (Å²) in [5.41, 5.74) is 8.25. The zero-order chi connectivity index (χ0) is 11.1. The molecule has 0 unspecified atom stereocenters. The van der Waals surface area contributed by atoms with Crippen molar-refractivity contribution in [1.29, 1.82) is 0 Å². The highest BCUT2D eigenvalue weighted by Gasteiger charge is 2.14. The molecular formula is C11H7ClN2O2. The van der Waals surface area contributed by atoms with Crippen molar-refractivity contribution in [1.82, 2.24) is 4.98 Å². The zero-order valence-electron chi connectivity index (χ0n) is 8.11. The van der Waals surface area contributed by atoms with Gasteiger partial charge in [0, 0.05) is 0 Å². The van der Waals surface area contributed by atoms with Crippen LogP contribution in [-0.2, 0) is 0 Å². The van der Waals surface area contributed by atoms with Crippen LogP contribution in [0.25, 0.3) is 22.6 Å². The second-order valence-corrected chi connectivity index (χ2v) is 3.66. The van der Waals surface area contributed by atoms with Gasteiger partial charge in [0.2, 0.25) is 11.1 Å². The van der Waals surface area contributed by atoms with Crippen LogP contribution in [0.15, 0.2) is 39.4 Å². The fourth-order valence-electron chi connectivity index (χ4n) is 1.53. The lowest BCUT2D eigenvalue weighted by Gasteiger charge is -1.89. The molecule has 16 heavy (non-hydrogen) atoms. The first-order chi connectivity index (χ1) is 7.75. The first-order valence-electron chi connectivity index (χ1n) is 4.64. The Morgan fingerprint density at radius 3 is 2.81 bits per heavy atom. The summed E-state index contributed by atoms with van der Waals surface area (Å²) >= 11 is 5.84. The molecule has 0 saturated heterocycles. The van der Waals surface area contributed by atoms with Gasteiger partial charge in [-0.25, -0.2) is 4.98 Å². The molecule has 4 nitrogen and oxygen atoms in total. The molecule has 0 radical (unpaired) electrons. The van der Waals surface area contributed by atoms with Gasteiger partial charge in [0.1, 0.15) is 5.52 Å². The Hall–Kier alpha value is -1.94. The largest absolute Gasteiger partial charge is 0.452 e. The lowest BCUT2D eigenvalue weighted by molar-refractivity contribution is 0.566. The van der Waals surface area contributed by atoms with Gasteiger partial charge in [0.15, 0.2) is 5.58 Å².